The number of aliphatic hydroxyl groups excluding tert-OH is 1. The maximum Gasteiger partial charge on any atom is 0.191 e. The van der Waals surface area contributed by atoms with Gasteiger partial charge in [-0.15, -0.1) is 24.0 Å². The summed E-state index contributed by atoms with van der Waals surface area (Å²) in [5, 5.41) is 16.7. The third-order valence-corrected chi connectivity index (χ3v) is 6.17. The van der Waals surface area contributed by atoms with Crippen molar-refractivity contribution in [2.75, 3.05) is 39.3 Å². The Morgan fingerprint density at radius 3 is 2.22 bits per heavy atom. The zero-order valence-electron chi connectivity index (χ0n) is 19.9. The molecular formula is C25H42IN5O. The van der Waals surface area contributed by atoms with E-state index in [0.29, 0.717) is 12.6 Å². The van der Waals surface area contributed by atoms with Crippen molar-refractivity contribution in [3.8, 4) is 0 Å². The van der Waals surface area contributed by atoms with Gasteiger partial charge in [-0.1, -0.05) is 36.4 Å². The van der Waals surface area contributed by atoms with Gasteiger partial charge in [0.1, 0.15) is 0 Å². The average Bonchev–Trinajstić information content (AvgIpc) is 2.76. The summed E-state index contributed by atoms with van der Waals surface area (Å²) in [5.74, 6) is 0.914. The molecule has 3 N–H and O–H groups in total. The second-order valence-electron chi connectivity index (χ2n) is 9.17. The fourth-order valence-electron chi connectivity index (χ4n) is 4.39. The molecule has 0 amide bonds. The molecule has 0 atom stereocenters. The highest BCUT2D eigenvalue weighted by molar-refractivity contribution is 14.0. The van der Waals surface area contributed by atoms with Gasteiger partial charge in [0.05, 0.1) is 12.6 Å². The first kappa shape index (κ1) is 27.1. The number of piperidine rings is 2. The summed E-state index contributed by atoms with van der Waals surface area (Å²) in [6, 6.07) is 9.29. The predicted octanol–water partition coefficient (Wildman–Crippen LogP) is 3.36. The monoisotopic (exact) mass is 555 g/mol. The molecule has 2 saturated heterocycles. The fraction of sp³-hybridized carbons (Fsp3) is 0.640. The molecule has 1 aromatic rings. The molecule has 1 aromatic carbocycles. The average molecular weight is 556 g/mol. The Kier molecular flexibility index (Phi) is 12.0. The van der Waals surface area contributed by atoms with Gasteiger partial charge >= 0.3 is 0 Å². The molecular weight excluding hydrogens is 513 g/mol. The third kappa shape index (κ3) is 9.37. The van der Waals surface area contributed by atoms with Crippen LogP contribution in [0, 0.1) is 0 Å². The van der Waals surface area contributed by atoms with Crippen molar-refractivity contribution >= 4 is 29.9 Å². The van der Waals surface area contributed by atoms with E-state index < -0.39 is 0 Å². The number of hydrogen-bond acceptors (Lipinski definition) is 4. The van der Waals surface area contributed by atoms with Crippen LogP contribution in [0.4, 0.5) is 0 Å². The minimum absolute atomic E-state index is 0. The highest BCUT2D eigenvalue weighted by Gasteiger charge is 2.20. The maximum absolute atomic E-state index is 9.66. The Labute approximate surface area is 211 Å². The molecule has 3 rings (SSSR count). The quantitative estimate of drug-likeness (QED) is 0.199. The summed E-state index contributed by atoms with van der Waals surface area (Å²) in [4.78, 5) is 9.74. The van der Waals surface area contributed by atoms with E-state index in [4.69, 9.17) is 4.99 Å². The Balaban J connectivity index is 0.00000363. The summed E-state index contributed by atoms with van der Waals surface area (Å²) in [7, 11) is 0. The lowest BCUT2D eigenvalue weighted by atomic mass is 10.0. The van der Waals surface area contributed by atoms with Gasteiger partial charge in [-0.2, -0.15) is 0 Å². The number of aliphatic imine (C=N–C) groups is 1. The molecule has 2 aliphatic heterocycles. The van der Waals surface area contributed by atoms with Gasteiger partial charge in [-0.05, 0) is 50.7 Å². The van der Waals surface area contributed by atoms with E-state index in [1.807, 2.05) is 0 Å². The van der Waals surface area contributed by atoms with Gasteiger partial charge in [-0.25, -0.2) is 4.99 Å². The maximum atomic E-state index is 9.66. The molecule has 2 aliphatic rings. The SMILES string of the molecule is C=C(C)CN1CCC(NC(=NCc2ccc(CN3CCC(O)CC3)cc2)NCC)CC1.I. The van der Waals surface area contributed by atoms with Crippen molar-refractivity contribution in [3.05, 3.63) is 47.5 Å². The van der Waals surface area contributed by atoms with E-state index in [-0.39, 0.29) is 30.1 Å². The zero-order valence-corrected chi connectivity index (χ0v) is 22.2. The lowest BCUT2D eigenvalue weighted by Gasteiger charge is -2.33. The number of guanidine groups is 1. The molecule has 0 radical (unpaired) electrons. The number of aliphatic hydroxyl groups is 1. The molecule has 0 spiro atoms. The first-order chi connectivity index (χ1) is 15.0. The normalized spacial score (nSPS) is 19.4. The molecule has 2 fully saturated rings. The summed E-state index contributed by atoms with van der Waals surface area (Å²) in [6.45, 7) is 16.0. The van der Waals surface area contributed by atoms with Gasteiger partial charge in [0.2, 0.25) is 0 Å². The standard InChI is InChI=1S/C25H41N5O.HI/c1-4-26-25(28-23-9-13-29(14-10-23)18-20(2)3)27-17-21-5-7-22(8-6-21)19-30-15-11-24(31)12-16-30;/h5-8,23-24,31H,2,4,9-19H2,1,3H3,(H2,26,27,28);1H. The highest BCUT2D eigenvalue weighted by atomic mass is 127. The molecule has 0 unspecified atom stereocenters. The first-order valence-electron chi connectivity index (χ1n) is 11.9. The van der Waals surface area contributed by atoms with Crippen molar-refractivity contribution in [1.29, 1.82) is 0 Å². The molecule has 6 nitrogen and oxygen atoms in total. The van der Waals surface area contributed by atoms with Crippen LogP contribution in [0.3, 0.4) is 0 Å². The number of nitrogens with zero attached hydrogens (tertiary/aromatic N) is 3. The minimum atomic E-state index is -0.111. The zero-order chi connectivity index (χ0) is 22.1. The van der Waals surface area contributed by atoms with E-state index in [1.165, 1.54) is 16.7 Å². The number of likely N-dealkylation sites (tertiary alicyclic amines) is 2. The van der Waals surface area contributed by atoms with Gasteiger partial charge in [0.15, 0.2) is 5.96 Å². The van der Waals surface area contributed by atoms with E-state index in [0.717, 1.165) is 77.5 Å². The van der Waals surface area contributed by atoms with Crippen molar-refractivity contribution in [1.82, 2.24) is 20.4 Å². The topological polar surface area (TPSA) is 63.1 Å². The van der Waals surface area contributed by atoms with E-state index >= 15 is 0 Å². The van der Waals surface area contributed by atoms with Crippen LogP contribution in [0.1, 0.15) is 50.7 Å². The number of nitrogens with one attached hydrogen (secondary N) is 2. The minimum Gasteiger partial charge on any atom is -0.393 e. The molecule has 32 heavy (non-hydrogen) atoms. The Bertz CT molecular complexity index is 708. The number of benzene rings is 1. The van der Waals surface area contributed by atoms with Crippen LogP contribution in [0.25, 0.3) is 0 Å². The van der Waals surface area contributed by atoms with E-state index in [1.54, 1.807) is 0 Å². The van der Waals surface area contributed by atoms with Crippen molar-refractivity contribution in [2.45, 2.75) is 64.8 Å². The lowest BCUT2D eigenvalue weighted by Crippen LogP contribution is -2.48. The summed E-state index contributed by atoms with van der Waals surface area (Å²) in [5.41, 5.74) is 3.80. The van der Waals surface area contributed by atoms with Crippen molar-refractivity contribution in [2.24, 2.45) is 4.99 Å². The largest absolute Gasteiger partial charge is 0.393 e. The Morgan fingerprint density at radius 2 is 1.62 bits per heavy atom. The number of rotatable bonds is 8. The predicted molar refractivity (Wildman–Crippen MR) is 145 cm³/mol. The van der Waals surface area contributed by atoms with Crippen LogP contribution in [0.5, 0.6) is 0 Å². The summed E-state index contributed by atoms with van der Waals surface area (Å²) >= 11 is 0. The van der Waals surface area contributed by atoms with Gasteiger partial charge in [0.25, 0.3) is 0 Å². The van der Waals surface area contributed by atoms with Crippen LogP contribution in [0.2, 0.25) is 0 Å². The van der Waals surface area contributed by atoms with Gasteiger partial charge in [-0.3, -0.25) is 9.80 Å². The number of halogens is 1. The highest BCUT2D eigenvalue weighted by Crippen LogP contribution is 2.15. The van der Waals surface area contributed by atoms with Crippen LogP contribution in [-0.2, 0) is 13.1 Å². The van der Waals surface area contributed by atoms with E-state index in [9.17, 15) is 5.11 Å². The first-order valence-corrected chi connectivity index (χ1v) is 11.9. The molecule has 2 heterocycles. The molecule has 0 bridgehead atoms. The summed E-state index contributed by atoms with van der Waals surface area (Å²) < 4.78 is 0. The second kappa shape index (κ2) is 14.2. The Hall–Kier alpha value is -1.16. The fourth-order valence-corrected chi connectivity index (χ4v) is 4.39. The van der Waals surface area contributed by atoms with Crippen LogP contribution in [0.15, 0.2) is 41.4 Å². The molecule has 0 aliphatic carbocycles. The van der Waals surface area contributed by atoms with Crippen molar-refractivity contribution in [3.63, 3.8) is 0 Å². The van der Waals surface area contributed by atoms with Gasteiger partial charge in [0, 0.05) is 51.9 Å². The smallest absolute Gasteiger partial charge is 0.191 e. The molecule has 7 heteroatoms. The summed E-state index contributed by atoms with van der Waals surface area (Å²) in [6.07, 6.45) is 3.94. The van der Waals surface area contributed by atoms with Crippen LogP contribution < -0.4 is 10.6 Å². The van der Waals surface area contributed by atoms with E-state index in [2.05, 4.69) is 65.1 Å². The Morgan fingerprint density at radius 1 is 1.03 bits per heavy atom. The second-order valence-corrected chi connectivity index (χ2v) is 9.17. The van der Waals surface area contributed by atoms with Crippen molar-refractivity contribution < 1.29 is 5.11 Å². The molecule has 0 saturated carbocycles. The molecule has 0 aromatic heterocycles. The van der Waals surface area contributed by atoms with Crippen LogP contribution in [-0.4, -0.2) is 72.3 Å². The lowest BCUT2D eigenvalue weighted by molar-refractivity contribution is 0.0792. The number of hydrogen-bond donors (Lipinski definition) is 3. The van der Waals surface area contributed by atoms with Crippen LogP contribution >= 0.6 is 24.0 Å². The van der Waals surface area contributed by atoms with Gasteiger partial charge < -0.3 is 15.7 Å². The third-order valence-electron chi connectivity index (χ3n) is 6.17. The molecule has 180 valence electrons.